The van der Waals surface area contributed by atoms with Gasteiger partial charge in [0, 0.05) is 12.2 Å². The first kappa shape index (κ1) is 14.2. The van der Waals surface area contributed by atoms with E-state index >= 15 is 0 Å². The number of carbonyl (C=O) groups excluding carboxylic acids is 1. The lowest BCUT2D eigenvalue weighted by molar-refractivity contribution is -0.137. The number of nitrogens with one attached hydrogen (secondary N) is 1. The van der Waals surface area contributed by atoms with E-state index in [2.05, 4.69) is 5.32 Å². The van der Waals surface area contributed by atoms with Crippen LogP contribution in [0.1, 0.15) is 12.0 Å². The van der Waals surface area contributed by atoms with Crippen molar-refractivity contribution in [3.8, 4) is 0 Å². The van der Waals surface area contributed by atoms with Gasteiger partial charge in [0.05, 0.1) is 13.0 Å². The molecule has 0 fully saturated rings. The van der Waals surface area contributed by atoms with Gasteiger partial charge in [-0.2, -0.15) is 0 Å². The number of nitrogens with zero attached hydrogens (tertiary/aromatic N) is 1. The summed E-state index contributed by atoms with van der Waals surface area (Å²) in [6.45, 7) is 2.49. The van der Waals surface area contributed by atoms with Gasteiger partial charge in [0.15, 0.2) is 0 Å². The molecule has 0 saturated carbocycles. The molecule has 5 heteroatoms. The van der Waals surface area contributed by atoms with E-state index in [0.29, 0.717) is 6.54 Å². The lowest BCUT2D eigenvalue weighted by atomic mass is 10.2. The molecule has 5 nitrogen and oxygen atoms in total. The molecule has 1 amide bonds. The quantitative estimate of drug-likeness (QED) is 0.799. The topological polar surface area (TPSA) is 69.6 Å². The molecule has 0 atom stereocenters. The van der Waals surface area contributed by atoms with Crippen LogP contribution in [0.25, 0.3) is 0 Å². The summed E-state index contributed by atoms with van der Waals surface area (Å²) < 4.78 is 0. The third-order valence-corrected chi connectivity index (χ3v) is 2.42. The van der Waals surface area contributed by atoms with E-state index in [1.165, 1.54) is 0 Å². The molecule has 1 rings (SSSR count). The van der Waals surface area contributed by atoms with Crippen molar-refractivity contribution in [2.75, 3.05) is 25.5 Å². The number of likely N-dealkylation sites (N-methyl/N-ethyl adjacent to an activating group) is 1. The highest BCUT2D eigenvalue weighted by Crippen LogP contribution is 2.09. The Morgan fingerprint density at radius 1 is 1.39 bits per heavy atom. The van der Waals surface area contributed by atoms with Crippen LogP contribution in [0.3, 0.4) is 0 Å². The van der Waals surface area contributed by atoms with Gasteiger partial charge in [-0.25, -0.2) is 0 Å². The summed E-state index contributed by atoms with van der Waals surface area (Å²) in [5, 5.41) is 11.3. The summed E-state index contributed by atoms with van der Waals surface area (Å²) in [5.41, 5.74) is 1.83. The van der Waals surface area contributed by atoms with Crippen LogP contribution in [-0.2, 0) is 9.59 Å². The molecule has 0 spiro atoms. The van der Waals surface area contributed by atoms with Crippen LogP contribution in [0.4, 0.5) is 5.69 Å². The molecule has 1 aromatic rings. The second kappa shape index (κ2) is 6.76. The lowest BCUT2D eigenvalue weighted by Crippen LogP contribution is -2.31. The van der Waals surface area contributed by atoms with Crippen molar-refractivity contribution in [2.24, 2.45) is 0 Å². The van der Waals surface area contributed by atoms with Crippen molar-refractivity contribution in [1.29, 1.82) is 0 Å². The number of carboxylic acid groups (broad SMARTS) is 1. The van der Waals surface area contributed by atoms with Crippen molar-refractivity contribution in [1.82, 2.24) is 4.90 Å². The predicted octanol–water partition coefficient (Wildman–Crippen LogP) is 1.34. The molecule has 0 radical (unpaired) electrons. The third kappa shape index (κ3) is 5.45. The van der Waals surface area contributed by atoms with Crippen LogP contribution in [0, 0.1) is 6.92 Å². The van der Waals surface area contributed by atoms with E-state index in [4.69, 9.17) is 5.11 Å². The highest BCUT2D eigenvalue weighted by atomic mass is 16.4. The third-order valence-electron chi connectivity index (χ3n) is 2.42. The smallest absolute Gasteiger partial charge is 0.304 e. The van der Waals surface area contributed by atoms with Crippen LogP contribution in [0.2, 0.25) is 0 Å². The molecule has 0 aliphatic rings. The van der Waals surface area contributed by atoms with Crippen molar-refractivity contribution in [3.63, 3.8) is 0 Å². The summed E-state index contributed by atoms with van der Waals surface area (Å²) in [5.74, 6) is -1.01. The number of aliphatic carboxylic acids is 1. The Bertz CT molecular complexity index is 432. The Morgan fingerprint density at radius 3 is 2.72 bits per heavy atom. The lowest BCUT2D eigenvalue weighted by Gasteiger charge is -2.15. The van der Waals surface area contributed by atoms with E-state index in [0.717, 1.165) is 11.3 Å². The average molecular weight is 250 g/mol. The molecule has 2 N–H and O–H groups in total. The van der Waals surface area contributed by atoms with E-state index in [9.17, 15) is 9.59 Å². The highest BCUT2D eigenvalue weighted by molar-refractivity contribution is 5.92. The molecule has 0 heterocycles. The first-order chi connectivity index (χ1) is 8.47. The SMILES string of the molecule is Cc1cccc(NC(=O)CN(C)CCC(=O)O)c1. The molecule has 0 aliphatic carbocycles. The second-order valence-electron chi connectivity index (χ2n) is 4.30. The van der Waals surface area contributed by atoms with E-state index in [1.54, 1.807) is 11.9 Å². The average Bonchev–Trinajstić information content (AvgIpc) is 2.26. The molecular formula is C13H18N2O3. The largest absolute Gasteiger partial charge is 0.481 e. The van der Waals surface area contributed by atoms with Gasteiger partial charge in [-0.05, 0) is 31.7 Å². The molecular weight excluding hydrogens is 232 g/mol. The van der Waals surface area contributed by atoms with Gasteiger partial charge in [0.1, 0.15) is 0 Å². The predicted molar refractivity (Wildman–Crippen MR) is 69.6 cm³/mol. The Hall–Kier alpha value is -1.88. The Labute approximate surface area is 106 Å². The van der Waals surface area contributed by atoms with Crippen molar-refractivity contribution >= 4 is 17.6 Å². The van der Waals surface area contributed by atoms with Crippen LogP contribution in [0.5, 0.6) is 0 Å². The van der Waals surface area contributed by atoms with Crippen molar-refractivity contribution in [2.45, 2.75) is 13.3 Å². The summed E-state index contributed by atoms with van der Waals surface area (Å²) in [6, 6.07) is 7.53. The fraction of sp³-hybridized carbons (Fsp3) is 0.385. The summed E-state index contributed by atoms with van der Waals surface area (Å²) in [4.78, 5) is 23.7. The molecule has 0 aliphatic heterocycles. The molecule has 0 saturated heterocycles. The van der Waals surface area contributed by atoms with Gasteiger partial charge in [0.2, 0.25) is 5.91 Å². The number of aryl methyl sites for hydroxylation is 1. The Balaban J connectivity index is 2.39. The van der Waals surface area contributed by atoms with Crippen LogP contribution in [0.15, 0.2) is 24.3 Å². The van der Waals surface area contributed by atoms with Gasteiger partial charge >= 0.3 is 5.97 Å². The summed E-state index contributed by atoms with van der Waals surface area (Å²) in [7, 11) is 1.72. The Morgan fingerprint density at radius 2 is 2.11 bits per heavy atom. The van der Waals surface area contributed by atoms with Gasteiger partial charge in [-0.15, -0.1) is 0 Å². The van der Waals surface area contributed by atoms with Crippen LogP contribution >= 0.6 is 0 Å². The first-order valence-electron chi connectivity index (χ1n) is 5.74. The molecule has 0 bridgehead atoms. The maximum atomic E-state index is 11.7. The molecule has 1 aromatic carbocycles. The second-order valence-corrected chi connectivity index (χ2v) is 4.30. The standard InChI is InChI=1S/C13H18N2O3/c1-10-4-3-5-11(8-10)14-12(16)9-15(2)7-6-13(17)18/h3-5,8H,6-7,9H2,1-2H3,(H,14,16)(H,17,18). The maximum absolute atomic E-state index is 11.7. The molecule has 0 unspecified atom stereocenters. The number of hydrogen-bond acceptors (Lipinski definition) is 3. The zero-order chi connectivity index (χ0) is 13.5. The van der Waals surface area contributed by atoms with Crippen LogP contribution < -0.4 is 5.32 Å². The number of rotatable bonds is 6. The number of hydrogen-bond donors (Lipinski definition) is 2. The number of amides is 1. The Kier molecular flexibility index (Phi) is 5.32. The van der Waals surface area contributed by atoms with Gasteiger partial charge in [-0.1, -0.05) is 12.1 Å². The zero-order valence-electron chi connectivity index (χ0n) is 10.6. The van der Waals surface area contributed by atoms with Gasteiger partial charge in [-0.3, -0.25) is 14.5 Å². The number of carbonyl (C=O) groups is 2. The van der Waals surface area contributed by atoms with Crippen LogP contribution in [-0.4, -0.2) is 42.0 Å². The monoisotopic (exact) mass is 250 g/mol. The first-order valence-corrected chi connectivity index (χ1v) is 5.74. The molecule has 98 valence electrons. The van der Waals surface area contributed by atoms with Crippen molar-refractivity contribution < 1.29 is 14.7 Å². The van der Waals surface area contributed by atoms with E-state index < -0.39 is 5.97 Å². The molecule has 0 aromatic heterocycles. The summed E-state index contributed by atoms with van der Waals surface area (Å²) in [6.07, 6.45) is 0.0359. The number of carboxylic acids is 1. The maximum Gasteiger partial charge on any atom is 0.304 e. The fourth-order valence-corrected chi connectivity index (χ4v) is 1.53. The van der Waals surface area contributed by atoms with Crippen molar-refractivity contribution in [3.05, 3.63) is 29.8 Å². The number of benzene rings is 1. The normalized spacial score (nSPS) is 10.4. The van der Waals surface area contributed by atoms with Gasteiger partial charge < -0.3 is 10.4 Å². The number of anilines is 1. The minimum atomic E-state index is -0.860. The van der Waals surface area contributed by atoms with E-state index in [-0.39, 0.29) is 18.9 Å². The zero-order valence-corrected chi connectivity index (χ0v) is 10.6. The van der Waals surface area contributed by atoms with E-state index in [1.807, 2.05) is 31.2 Å². The van der Waals surface area contributed by atoms with Gasteiger partial charge in [0.25, 0.3) is 0 Å². The minimum absolute atomic E-state index is 0.0359. The minimum Gasteiger partial charge on any atom is -0.481 e. The highest BCUT2D eigenvalue weighted by Gasteiger charge is 2.08. The fourth-order valence-electron chi connectivity index (χ4n) is 1.53. The summed E-state index contributed by atoms with van der Waals surface area (Å²) >= 11 is 0. The molecule has 18 heavy (non-hydrogen) atoms.